The summed E-state index contributed by atoms with van der Waals surface area (Å²) in [7, 11) is -2.09. The van der Waals surface area contributed by atoms with Gasteiger partial charge in [0.2, 0.25) is 11.8 Å². The Hall–Kier alpha value is -3.59. The Kier molecular flexibility index (Phi) is 7.79. The molecule has 0 bridgehead atoms. The van der Waals surface area contributed by atoms with Crippen molar-refractivity contribution in [3.63, 3.8) is 0 Å². The second-order valence-electron chi connectivity index (χ2n) is 10.3. The van der Waals surface area contributed by atoms with Crippen LogP contribution in [0.4, 0.5) is 5.69 Å². The lowest BCUT2D eigenvalue weighted by Gasteiger charge is -2.30. The van der Waals surface area contributed by atoms with Crippen molar-refractivity contribution in [3.05, 3.63) is 66.2 Å². The first kappa shape index (κ1) is 27.0. The van der Waals surface area contributed by atoms with Crippen molar-refractivity contribution in [2.24, 2.45) is 0 Å². The summed E-state index contributed by atoms with van der Waals surface area (Å²) in [6.07, 6.45) is 4.58. The lowest BCUT2D eigenvalue weighted by atomic mass is 10.1. The minimum Gasteiger partial charge on any atom is -0.497 e. The second kappa shape index (κ2) is 11.3. The SMILES string of the molecule is COc1ccc(CN(C(=O)CCCN2c3cccc4cccc(c34)S2(=O)=O)[C@@H](C)C(=O)NC2CCCC2)cc1. The van der Waals surface area contributed by atoms with E-state index in [0.29, 0.717) is 22.8 Å². The molecule has 5 rings (SSSR count). The Balaban J connectivity index is 1.30. The van der Waals surface area contributed by atoms with Crippen molar-refractivity contribution in [2.45, 2.75) is 69.0 Å². The Bertz CT molecular complexity index is 1460. The van der Waals surface area contributed by atoms with Crippen molar-refractivity contribution in [2.75, 3.05) is 18.0 Å². The Labute approximate surface area is 230 Å². The van der Waals surface area contributed by atoms with Crippen molar-refractivity contribution in [1.29, 1.82) is 0 Å². The topological polar surface area (TPSA) is 96.0 Å². The number of amides is 2. The highest BCUT2D eigenvalue weighted by Gasteiger charge is 2.35. The predicted molar refractivity (Wildman–Crippen MR) is 151 cm³/mol. The van der Waals surface area contributed by atoms with E-state index in [-0.39, 0.29) is 37.4 Å². The highest BCUT2D eigenvalue weighted by atomic mass is 32.2. The number of methoxy groups -OCH3 is 1. The molecular formula is C30H35N3O5S. The molecule has 3 aromatic rings. The van der Waals surface area contributed by atoms with Gasteiger partial charge in [-0.05, 0) is 61.4 Å². The monoisotopic (exact) mass is 549 g/mol. The third-order valence-corrected chi connectivity index (χ3v) is 9.67. The maximum absolute atomic E-state index is 13.6. The third kappa shape index (κ3) is 5.45. The minimum atomic E-state index is -3.68. The second-order valence-corrected chi connectivity index (χ2v) is 12.2. The highest BCUT2D eigenvalue weighted by Crippen LogP contribution is 2.42. The van der Waals surface area contributed by atoms with Gasteiger partial charge in [0.15, 0.2) is 0 Å². The lowest BCUT2D eigenvalue weighted by Crippen LogP contribution is -2.49. The van der Waals surface area contributed by atoms with Crippen LogP contribution in [0.1, 0.15) is 51.0 Å². The van der Waals surface area contributed by atoms with E-state index in [1.54, 1.807) is 31.1 Å². The molecule has 9 heteroatoms. The van der Waals surface area contributed by atoms with E-state index in [2.05, 4.69) is 5.32 Å². The summed E-state index contributed by atoms with van der Waals surface area (Å²) in [5, 5.41) is 4.71. The number of rotatable bonds is 10. The summed E-state index contributed by atoms with van der Waals surface area (Å²) in [4.78, 5) is 28.6. The number of ether oxygens (including phenoxy) is 1. The van der Waals surface area contributed by atoms with Crippen LogP contribution in [-0.4, -0.2) is 50.9 Å². The van der Waals surface area contributed by atoms with Crippen LogP contribution in [0.15, 0.2) is 65.6 Å². The van der Waals surface area contributed by atoms with E-state index in [0.717, 1.165) is 42.0 Å². The van der Waals surface area contributed by atoms with Gasteiger partial charge in [-0.3, -0.25) is 13.9 Å². The molecule has 2 amide bonds. The molecule has 1 saturated carbocycles. The van der Waals surface area contributed by atoms with Gasteiger partial charge in [0.05, 0.1) is 17.7 Å². The average Bonchev–Trinajstić information content (AvgIpc) is 3.53. The molecule has 1 fully saturated rings. The fraction of sp³-hybridized carbons (Fsp3) is 0.400. The van der Waals surface area contributed by atoms with E-state index in [4.69, 9.17) is 4.74 Å². The molecule has 0 unspecified atom stereocenters. The van der Waals surface area contributed by atoms with Gasteiger partial charge >= 0.3 is 0 Å². The summed E-state index contributed by atoms with van der Waals surface area (Å²) >= 11 is 0. The van der Waals surface area contributed by atoms with Crippen LogP contribution in [0.5, 0.6) is 5.75 Å². The zero-order chi connectivity index (χ0) is 27.6. The molecule has 39 heavy (non-hydrogen) atoms. The zero-order valence-electron chi connectivity index (χ0n) is 22.4. The quantitative estimate of drug-likeness (QED) is 0.398. The van der Waals surface area contributed by atoms with Gasteiger partial charge in [0.25, 0.3) is 10.0 Å². The zero-order valence-corrected chi connectivity index (χ0v) is 23.2. The van der Waals surface area contributed by atoms with Gasteiger partial charge < -0.3 is 15.0 Å². The average molecular weight is 550 g/mol. The molecule has 3 aromatic carbocycles. The van der Waals surface area contributed by atoms with Crippen molar-refractivity contribution >= 4 is 38.3 Å². The van der Waals surface area contributed by atoms with E-state index in [1.165, 1.54) is 4.31 Å². The van der Waals surface area contributed by atoms with Gasteiger partial charge in [0, 0.05) is 30.9 Å². The molecule has 8 nitrogen and oxygen atoms in total. The molecule has 1 N–H and O–H groups in total. The normalized spacial score (nSPS) is 16.8. The molecule has 206 valence electrons. The largest absolute Gasteiger partial charge is 0.497 e. The molecule has 0 saturated heterocycles. The van der Waals surface area contributed by atoms with Crippen LogP contribution in [0.25, 0.3) is 10.8 Å². The Morgan fingerprint density at radius 3 is 2.44 bits per heavy atom. The number of carbonyl (C=O) groups excluding carboxylic acids is 2. The summed E-state index contributed by atoms with van der Waals surface area (Å²) < 4.78 is 33.2. The van der Waals surface area contributed by atoms with Crippen LogP contribution in [0.2, 0.25) is 0 Å². The van der Waals surface area contributed by atoms with Crippen LogP contribution < -0.4 is 14.4 Å². The standard InChI is InChI=1S/C30H35N3O5S/c1-21(30(35)31-24-10-3-4-11-24)32(20-22-15-17-25(38-2)18-16-22)28(34)14-7-19-33-26-12-5-8-23-9-6-13-27(29(23)26)39(33,36)37/h5-6,8-9,12-13,15-18,21,24H,3-4,7,10-11,14,19-20H2,1-2H3,(H,31,35)/t21-/m0/s1. The maximum atomic E-state index is 13.6. The maximum Gasteiger partial charge on any atom is 0.265 e. The van der Waals surface area contributed by atoms with Gasteiger partial charge in [-0.15, -0.1) is 0 Å². The van der Waals surface area contributed by atoms with Crippen LogP contribution in [-0.2, 0) is 26.2 Å². The van der Waals surface area contributed by atoms with Crippen LogP contribution >= 0.6 is 0 Å². The lowest BCUT2D eigenvalue weighted by molar-refractivity contribution is -0.141. The smallest absolute Gasteiger partial charge is 0.265 e. The fourth-order valence-electron chi connectivity index (χ4n) is 5.62. The number of benzene rings is 3. The first-order valence-corrected chi connectivity index (χ1v) is 15.0. The number of anilines is 1. The Morgan fingerprint density at radius 1 is 1.05 bits per heavy atom. The third-order valence-electron chi connectivity index (χ3n) is 7.81. The fourth-order valence-corrected chi connectivity index (χ4v) is 7.37. The number of nitrogens with one attached hydrogen (secondary N) is 1. The molecule has 2 aliphatic rings. The summed E-state index contributed by atoms with van der Waals surface area (Å²) in [5.41, 5.74) is 1.53. The van der Waals surface area contributed by atoms with E-state index in [1.807, 2.05) is 48.5 Å². The van der Waals surface area contributed by atoms with Crippen molar-refractivity contribution in [1.82, 2.24) is 10.2 Å². The van der Waals surface area contributed by atoms with Crippen LogP contribution in [0.3, 0.4) is 0 Å². The van der Waals surface area contributed by atoms with Gasteiger partial charge in [-0.1, -0.05) is 49.2 Å². The minimum absolute atomic E-state index is 0.121. The number of carbonyl (C=O) groups is 2. The molecule has 1 aliphatic carbocycles. The summed E-state index contributed by atoms with van der Waals surface area (Å²) in [5.74, 6) is 0.367. The number of hydrogen-bond donors (Lipinski definition) is 1. The van der Waals surface area contributed by atoms with E-state index in [9.17, 15) is 18.0 Å². The predicted octanol–water partition coefficient (Wildman–Crippen LogP) is 4.61. The summed E-state index contributed by atoms with van der Waals surface area (Å²) in [6.45, 7) is 2.21. The molecule has 1 aliphatic heterocycles. The molecule has 0 aromatic heterocycles. The first-order valence-electron chi connectivity index (χ1n) is 13.6. The molecule has 1 atom stereocenters. The Morgan fingerprint density at radius 2 is 1.74 bits per heavy atom. The highest BCUT2D eigenvalue weighted by molar-refractivity contribution is 7.93. The molecule has 0 radical (unpaired) electrons. The van der Waals surface area contributed by atoms with E-state index >= 15 is 0 Å². The first-order chi connectivity index (χ1) is 18.8. The van der Waals surface area contributed by atoms with Crippen LogP contribution in [0, 0.1) is 0 Å². The molecule has 1 heterocycles. The molecule has 0 spiro atoms. The van der Waals surface area contributed by atoms with Gasteiger partial charge in [0.1, 0.15) is 11.8 Å². The number of sulfonamides is 1. The van der Waals surface area contributed by atoms with E-state index < -0.39 is 16.1 Å². The number of nitrogens with zero attached hydrogens (tertiary/aromatic N) is 2. The van der Waals surface area contributed by atoms with Crippen molar-refractivity contribution in [3.8, 4) is 5.75 Å². The summed E-state index contributed by atoms with van der Waals surface area (Å²) in [6, 6.07) is 17.8. The van der Waals surface area contributed by atoms with Crippen molar-refractivity contribution < 1.29 is 22.7 Å². The van der Waals surface area contributed by atoms with Gasteiger partial charge in [-0.2, -0.15) is 0 Å². The van der Waals surface area contributed by atoms with Gasteiger partial charge in [-0.25, -0.2) is 8.42 Å². The molecular weight excluding hydrogens is 514 g/mol. The number of hydrogen-bond acceptors (Lipinski definition) is 5.